The highest BCUT2D eigenvalue weighted by Gasteiger charge is 2.10. The first-order chi connectivity index (χ1) is 9.13. The molecule has 0 spiro atoms. The maximum Gasteiger partial charge on any atom is 0.356 e. The summed E-state index contributed by atoms with van der Waals surface area (Å²) in [5, 5.41) is 17.3. The zero-order valence-electron chi connectivity index (χ0n) is 11.2. The zero-order chi connectivity index (χ0) is 13.8. The van der Waals surface area contributed by atoms with Crippen molar-refractivity contribution in [3.63, 3.8) is 0 Å². The molecule has 0 amide bonds. The second kappa shape index (κ2) is 5.69. The van der Waals surface area contributed by atoms with E-state index in [0.29, 0.717) is 12.6 Å². The average Bonchev–Trinajstić information content (AvgIpc) is 3.01. The van der Waals surface area contributed by atoms with E-state index >= 15 is 0 Å². The lowest BCUT2D eigenvalue weighted by atomic mass is 10.2. The average molecular weight is 262 g/mol. The second-order valence-corrected chi connectivity index (χ2v) is 4.46. The molecule has 0 aromatic carbocycles. The van der Waals surface area contributed by atoms with Gasteiger partial charge in [-0.2, -0.15) is 10.2 Å². The van der Waals surface area contributed by atoms with Crippen LogP contribution < -0.4 is 0 Å². The number of hydrogen-bond acceptors (Lipinski definition) is 3. The van der Waals surface area contributed by atoms with Crippen molar-refractivity contribution in [3.8, 4) is 0 Å². The first kappa shape index (κ1) is 13.3. The van der Waals surface area contributed by atoms with Crippen LogP contribution in [0.4, 0.5) is 0 Å². The van der Waals surface area contributed by atoms with E-state index < -0.39 is 5.97 Å². The summed E-state index contributed by atoms with van der Waals surface area (Å²) in [5.74, 6) is -1.01. The van der Waals surface area contributed by atoms with E-state index in [0.717, 1.165) is 18.5 Å². The molecular weight excluding hydrogens is 244 g/mol. The lowest BCUT2D eigenvalue weighted by Crippen LogP contribution is -2.09. The minimum Gasteiger partial charge on any atom is -0.476 e. The third-order valence-electron chi connectivity index (χ3n) is 3.16. The normalized spacial score (nSPS) is 11.1. The summed E-state index contributed by atoms with van der Waals surface area (Å²) < 4.78 is 3.56. The highest BCUT2D eigenvalue weighted by Crippen LogP contribution is 2.14. The highest BCUT2D eigenvalue weighted by atomic mass is 16.4. The topological polar surface area (TPSA) is 72.9 Å². The van der Waals surface area contributed by atoms with Crippen LogP contribution >= 0.6 is 0 Å². The lowest BCUT2D eigenvalue weighted by Gasteiger charge is -2.12. The monoisotopic (exact) mass is 262 g/mol. The SMILES string of the molecule is CCC(CC)n1ccc(Cn2ccc(C(=O)O)n2)n1. The van der Waals surface area contributed by atoms with Gasteiger partial charge in [0.2, 0.25) is 0 Å². The Bertz CT molecular complexity index is 554. The van der Waals surface area contributed by atoms with Gasteiger partial charge in [-0.3, -0.25) is 9.36 Å². The van der Waals surface area contributed by atoms with E-state index in [1.54, 1.807) is 10.9 Å². The van der Waals surface area contributed by atoms with Crippen molar-refractivity contribution in [2.24, 2.45) is 0 Å². The maximum absolute atomic E-state index is 10.7. The predicted octanol–water partition coefficient (Wildman–Crippen LogP) is 2.19. The molecule has 2 aromatic rings. The van der Waals surface area contributed by atoms with Gasteiger partial charge in [0.1, 0.15) is 0 Å². The molecule has 2 heterocycles. The van der Waals surface area contributed by atoms with E-state index in [1.807, 2.05) is 16.9 Å². The Hall–Kier alpha value is -2.11. The van der Waals surface area contributed by atoms with Crippen LogP contribution in [0.15, 0.2) is 24.5 Å². The van der Waals surface area contributed by atoms with Gasteiger partial charge in [0.15, 0.2) is 5.69 Å². The number of rotatable bonds is 6. The predicted molar refractivity (Wildman–Crippen MR) is 70.1 cm³/mol. The van der Waals surface area contributed by atoms with E-state index in [2.05, 4.69) is 24.0 Å². The standard InChI is InChI=1S/C13H18N4O2/c1-3-11(4-2)17-8-5-10(14-17)9-16-7-6-12(15-16)13(18)19/h5-8,11H,3-4,9H2,1-2H3,(H,18,19). The van der Waals surface area contributed by atoms with Crippen LogP contribution in [-0.4, -0.2) is 30.6 Å². The molecule has 0 aliphatic carbocycles. The summed E-state index contributed by atoms with van der Waals surface area (Å²) >= 11 is 0. The quantitative estimate of drug-likeness (QED) is 0.866. The molecule has 0 aliphatic heterocycles. The van der Waals surface area contributed by atoms with E-state index in [-0.39, 0.29) is 5.69 Å². The van der Waals surface area contributed by atoms with Crippen molar-refractivity contribution in [2.45, 2.75) is 39.3 Å². The first-order valence-electron chi connectivity index (χ1n) is 6.44. The van der Waals surface area contributed by atoms with Gasteiger partial charge < -0.3 is 5.11 Å². The molecule has 0 saturated heterocycles. The van der Waals surface area contributed by atoms with Crippen molar-refractivity contribution in [2.75, 3.05) is 0 Å². The summed E-state index contributed by atoms with van der Waals surface area (Å²) in [6, 6.07) is 3.85. The molecule has 6 heteroatoms. The smallest absolute Gasteiger partial charge is 0.356 e. The van der Waals surface area contributed by atoms with Crippen LogP contribution in [0.25, 0.3) is 0 Å². The number of carbonyl (C=O) groups is 1. The fourth-order valence-corrected chi connectivity index (χ4v) is 2.06. The molecule has 0 aliphatic rings. The van der Waals surface area contributed by atoms with Crippen LogP contribution in [-0.2, 0) is 6.54 Å². The zero-order valence-corrected chi connectivity index (χ0v) is 11.2. The van der Waals surface area contributed by atoms with E-state index in [1.165, 1.54) is 6.07 Å². The summed E-state index contributed by atoms with van der Waals surface area (Å²) in [7, 11) is 0. The van der Waals surface area contributed by atoms with Crippen LogP contribution in [0.1, 0.15) is 48.9 Å². The van der Waals surface area contributed by atoms with Crippen molar-refractivity contribution >= 4 is 5.97 Å². The largest absolute Gasteiger partial charge is 0.476 e. The molecule has 19 heavy (non-hydrogen) atoms. The highest BCUT2D eigenvalue weighted by molar-refractivity contribution is 5.85. The molecule has 0 radical (unpaired) electrons. The number of nitrogens with zero attached hydrogens (tertiary/aromatic N) is 4. The number of carboxylic acid groups (broad SMARTS) is 1. The summed E-state index contributed by atoms with van der Waals surface area (Å²) in [6.45, 7) is 4.77. The molecule has 2 rings (SSSR count). The van der Waals surface area contributed by atoms with Crippen molar-refractivity contribution in [3.05, 3.63) is 35.9 Å². The first-order valence-corrected chi connectivity index (χ1v) is 6.44. The van der Waals surface area contributed by atoms with Crippen LogP contribution in [0.5, 0.6) is 0 Å². The van der Waals surface area contributed by atoms with Gasteiger partial charge in [-0.05, 0) is 25.0 Å². The van der Waals surface area contributed by atoms with E-state index in [9.17, 15) is 4.79 Å². The Kier molecular flexibility index (Phi) is 3.99. The number of carboxylic acids is 1. The van der Waals surface area contributed by atoms with Crippen molar-refractivity contribution in [1.29, 1.82) is 0 Å². The van der Waals surface area contributed by atoms with Crippen LogP contribution in [0.3, 0.4) is 0 Å². The van der Waals surface area contributed by atoms with Gasteiger partial charge >= 0.3 is 5.97 Å². The molecule has 0 atom stereocenters. The van der Waals surface area contributed by atoms with Crippen LogP contribution in [0.2, 0.25) is 0 Å². The Morgan fingerprint density at radius 3 is 2.58 bits per heavy atom. The Morgan fingerprint density at radius 1 is 1.26 bits per heavy atom. The molecule has 0 saturated carbocycles. The second-order valence-electron chi connectivity index (χ2n) is 4.46. The minimum atomic E-state index is -1.01. The fraction of sp³-hybridized carbons (Fsp3) is 0.462. The molecule has 0 unspecified atom stereocenters. The fourth-order valence-electron chi connectivity index (χ4n) is 2.06. The summed E-state index contributed by atoms with van der Waals surface area (Å²) in [6.07, 6.45) is 5.71. The lowest BCUT2D eigenvalue weighted by molar-refractivity contribution is 0.0689. The van der Waals surface area contributed by atoms with Gasteiger partial charge in [-0.15, -0.1) is 0 Å². The molecule has 0 bridgehead atoms. The maximum atomic E-state index is 10.7. The van der Waals surface area contributed by atoms with Crippen molar-refractivity contribution in [1.82, 2.24) is 19.6 Å². The summed E-state index contributed by atoms with van der Waals surface area (Å²) in [4.78, 5) is 10.7. The molecule has 6 nitrogen and oxygen atoms in total. The van der Waals surface area contributed by atoms with Gasteiger partial charge in [0.25, 0.3) is 0 Å². The minimum absolute atomic E-state index is 0.0550. The third kappa shape index (κ3) is 3.01. The van der Waals surface area contributed by atoms with Gasteiger partial charge in [-0.1, -0.05) is 13.8 Å². The van der Waals surface area contributed by atoms with Gasteiger partial charge in [0.05, 0.1) is 18.3 Å². The number of aromatic carboxylic acids is 1. The number of hydrogen-bond donors (Lipinski definition) is 1. The Morgan fingerprint density at radius 2 is 2.00 bits per heavy atom. The molecule has 2 aromatic heterocycles. The number of aromatic nitrogens is 4. The summed E-state index contributed by atoms with van der Waals surface area (Å²) in [5.41, 5.74) is 0.936. The van der Waals surface area contributed by atoms with Crippen LogP contribution in [0, 0.1) is 0 Å². The molecule has 102 valence electrons. The third-order valence-corrected chi connectivity index (χ3v) is 3.16. The van der Waals surface area contributed by atoms with Crippen molar-refractivity contribution < 1.29 is 9.90 Å². The van der Waals surface area contributed by atoms with E-state index in [4.69, 9.17) is 5.11 Å². The molecule has 1 N–H and O–H groups in total. The van der Waals surface area contributed by atoms with Gasteiger partial charge in [-0.25, -0.2) is 4.79 Å². The Balaban J connectivity index is 2.08. The molecular formula is C13H18N4O2. The Labute approximate surface area is 111 Å². The molecule has 0 fully saturated rings. The van der Waals surface area contributed by atoms with Gasteiger partial charge in [0, 0.05) is 12.4 Å².